The van der Waals surface area contributed by atoms with E-state index in [0.717, 1.165) is 19.4 Å². The molecule has 184 valence electrons. The summed E-state index contributed by atoms with van der Waals surface area (Å²) >= 11 is 0. The van der Waals surface area contributed by atoms with Crippen LogP contribution in [0.3, 0.4) is 0 Å². The predicted octanol–water partition coefficient (Wildman–Crippen LogP) is 2.76. The average Bonchev–Trinajstić information content (AvgIpc) is 2.89. The normalized spacial score (nSPS) is 18.1. The molecule has 1 aromatic heterocycles. The topological polar surface area (TPSA) is 118 Å². The van der Waals surface area contributed by atoms with E-state index in [2.05, 4.69) is 16.8 Å². The van der Waals surface area contributed by atoms with E-state index in [4.69, 9.17) is 15.5 Å². The number of nitrogens with zero attached hydrogens (tertiary/aromatic N) is 3. The monoisotopic (exact) mass is 477 g/mol. The zero-order chi connectivity index (χ0) is 24.8. The molecule has 3 N–H and O–H groups in total. The van der Waals surface area contributed by atoms with Gasteiger partial charge in [0.25, 0.3) is 11.8 Å². The third-order valence-electron chi connectivity index (χ3n) is 6.40. The van der Waals surface area contributed by atoms with E-state index in [1.807, 2.05) is 0 Å². The zero-order valence-electron chi connectivity index (χ0n) is 19.7. The van der Waals surface area contributed by atoms with Gasteiger partial charge in [0, 0.05) is 43.9 Å². The Bertz CT molecular complexity index is 1100. The molecule has 4 rings (SSSR count). The molecule has 0 saturated carbocycles. The molecule has 2 aliphatic rings. The number of pyridine rings is 1. The minimum absolute atomic E-state index is 0.0348. The number of ether oxygens (including phenoxy) is 1. The molecule has 2 aromatic rings. The first kappa shape index (κ1) is 24.4. The van der Waals surface area contributed by atoms with E-state index in [9.17, 15) is 14.4 Å². The fourth-order valence-corrected chi connectivity index (χ4v) is 4.51. The molecule has 35 heavy (non-hydrogen) atoms. The molecule has 2 saturated heterocycles. The molecule has 1 atom stereocenters. The van der Waals surface area contributed by atoms with Crippen LogP contribution in [0.25, 0.3) is 0 Å². The van der Waals surface area contributed by atoms with Crippen LogP contribution in [0.15, 0.2) is 49.1 Å². The van der Waals surface area contributed by atoms with Crippen molar-refractivity contribution in [3.8, 4) is 0 Å². The lowest BCUT2D eigenvalue weighted by Gasteiger charge is -2.33. The van der Waals surface area contributed by atoms with Gasteiger partial charge in [-0.15, -0.1) is 0 Å². The maximum absolute atomic E-state index is 12.7. The SMILES string of the molecule is C=CC(=O)C[C@@H]1CCCN(c2ccc(C(N)=O)c(Nc3ccc(C(=O)N4CCOCC4)cc3)n2)C1. The van der Waals surface area contributed by atoms with Crippen LogP contribution in [-0.2, 0) is 9.53 Å². The summed E-state index contributed by atoms with van der Waals surface area (Å²) in [6.07, 6.45) is 3.78. The van der Waals surface area contributed by atoms with Crippen molar-refractivity contribution >= 4 is 34.9 Å². The van der Waals surface area contributed by atoms with Crippen LogP contribution in [0.4, 0.5) is 17.3 Å². The van der Waals surface area contributed by atoms with E-state index in [1.165, 1.54) is 6.08 Å². The minimum atomic E-state index is -0.584. The smallest absolute Gasteiger partial charge is 0.254 e. The van der Waals surface area contributed by atoms with Gasteiger partial charge in [-0.1, -0.05) is 6.58 Å². The number of hydrogen-bond donors (Lipinski definition) is 2. The Balaban J connectivity index is 1.50. The maximum Gasteiger partial charge on any atom is 0.254 e. The van der Waals surface area contributed by atoms with Crippen LogP contribution in [0.5, 0.6) is 0 Å². The molecular formula is C26H31N5O4. The highest BCUT2D eigenvalue weighted by Gasteiger charge is 2.24. The maximum atomic E-state index is 12.7. The van der Waals surface area contributed by atoms with Gasteiger partial charge in [0.15, 0.2) is 5.78 Å². The Morgan fingerprint density at radius 1 is 1.11 bits per heavy atom. The third kappa shape index (κ3) is 6.05. The molecule has 2 aliphatic heterocycles. The van der Waals surface area contributed by atoms with E-state index in [1.54, 1.807) is 41.3 Å². The summed E-state index contributed by atoms with van der Waals surface area (Å²) in [5.74, 6) is 0.733. The predicted molar refractivity (Wildman–Crippen MR) is 134 cm³/mol. The molecule has 0 spiro atoms. The number of allylic oxidation sites excluding steroid dienone is 1. The van der Waals surface area contributed by atoms with Gasteiger partial charge in [-0.2, -0.15) is 0 Å². The van der Waals surface area contributed by atoms with Crippen LogP contribution in [0.2, 0.25) is 0 Å². The van der Waals surface area contributed by atoms with Gasteiger partial charge in [-0.05, 0) is 61.2 Å². The number of benzene rings is 1. The highest BCUT2D eigenvalue weighted by Crippen LogP contribution is 2.28. The van der Waals surface area contributed by atoms with Crippen molar-refractivity contribution in [1.82, 2.24) is 9.88 Å². The van der Waals surface area contributed by atoms with Gasteiger partial charge in [0.2, 0.25) is 0 Å². The number of aromatic nitrogens is 1. The number of amides is 2. The van der Waals surface area contributed by atoms with Crippen molar-refractivity contribution in [2.45, 2.75) is 19.3 Å². The number of morpholine rings is 1. The Kier molecular flexibility index (Phi) is 7.77. The summed E-state index contributed by atoms with van der Waals surface area (Å²) in [5.41, 5.74) is 7.14. The number of carbonyl (C=O) groups is 3. The molecule has 9 nitrogen and oxygen atoms in total. The lowest BCUT2D eigenvalue weighted by atomic mass is 9.93. The Morgan fingerprint density at radius 3 is 2.54 bits per heavy atom. The summed E-state index contributed by atoms with van der Waals surface area (Å²) in [5, 5.41) is 3.18. The number of piperidine rings is 1. The first-order valence-corrected chi connectivity index (χ1v) is 11.9. The van der Waals surface area contributed by atoms with E-state index in [0.29, 0.717) is 62.2 Å². The standard InChI is InChI=1S/C26H31N5O4/c1-2-21(32)16-18-4-3-11-31(17-18)23-10-9-22(24(27)33)25(29-23)28-20-7-5-19(6-8-20)26(34)30-12-14-35-15-13-30/h2,5-10,18H,1,3-4,11-17H2,(H2,27,33)(H,28,29)/t18-/m0/s1. The number of primary amides is 1. The first-order chi connectivity index (χ1) is 16.9. The molecule has 0 radical (unpaired) electrons. The number of rotatable bonds is 8. The van der Waals surface area contributed by atoms with Gasteiger partial charge >= 0.3 is 0 Å². The molecular weight excluding hydrogens is 446 g/mol. The van der Waals surface area contributed by atoms with Crippen molar-refractivity contribution in [1.29, 1.82) is 0 Å². The van der Waals surface area contributed by atoms with Crippen molar-refractivity contribution in [3.63, 3.8) is 0 Å². The molecule has 0 bridgehead atoms. The molecule has 3 heterocycles. The highest BCUT2D eigenvalue weighted by molar-refractivity contribution is 5.99. The lowest BCUT2D eigenvalue weighted by Crippen LogP contribution is -2.40. The van der Waals surface area contributed by atoms with Gasteiger partial charge in [-0.25, -0.2) is 4.98 Å². The largest absolute Gasteiger partial charge is 0.378 e. The summed E-state index contributed by atoms with van der Waals surface area (Å²) < 4.78 is 5.31. The second-order valence-corrected chi connectivity index (χ2v) is 8.87. The Morgan fingerprint density at radius 2 is 1.86 bits per heavy atom. The Labute approximate surface area is 204 Å². The number of carbonyl (C=O) groups excluding carboxylic acids is 3. The number of anilines is 3. The van der Waals surface area contributed by atoms with Gasteiger partial charge in [-0.3, -0.25) is 14.4 Å². The van der Waals surface area contributed by atoms with Crippen LogP contribution in [-0.4, -0.2) is 66.9 Å². The van der Waals surface area contributed by atoms with E-state index >= 15 is 0 Å². The second kappa shape index (κ2) is 11.1. The van der Waals surface area contributed by atoms with E-state index < -0.39 is 5.91 Å². The molecule has 1 aromatic carbocycles. The third-order valence-corrected chi connectivity index (χ3v) is 6.40. The van der Waals surface area contributed by atoms with Gasteiger partial charge in [0.1, 0.15) is 11.6 Å². The van der Waals surface area contributed by atoms with Crippen molar-refractivity contribution in [3.05, 3.63) is 60.2 Å². The molecule has 2 fully saturated rings. The highest BCUT2D eigenvalue weighted by atomic mass is 16.5. The summed E-state index contributed by atoms with van der Waals surface area (Å²) in [6, 6.07) is 10.5. The van der Waals surface area contributed by atoms with Gasteiger partial charge < -0.3 is 25.6 Å². The number of hydrogen-bond acceptors (Lipinski definition) is 7. The molecule has 0 unspecified atom stereocenters. The fourth-order valence-electron chi connectivity index (χ4n) is 4.51. The molecule has 0 aliphatic carbocycles. The van der Waals surface area contributed by atoms with Crippen LogP contribution < -0.4 is 16.0 Å². The second-order valence-electron chi connectivity index (χ2n) is 8.87. The quantitative estimate of drug-likeness (QED) is 0.561. The van der Waals surface area contributed by atoms with Crippen LogP contribution >= 0.6 is 0 Å². The molecule has 2 amide bonds. The van der Waals surface area contributed by atoms with Crippen molar-refractivity contribution in [2.24, 2.45) is 11.7 Å². The number of nitrogens with two attached hydrogens (primary N) is 1. The number of ketones is 1. The summed E-state index contributed by atoms with van der Waals surface area (Å²) in [7, 11) is 0. The summed E-state index contributed by atoms with van der Waals surface area (Å²) in [6.45, 7) is 7.35. The van der Waals surface area contributed by atoms with Crippen molar-refractivity contribution in [2.75, 3.05) is 49.6 Å². The first-order valence-electron chi connectivity index (χ1n) is 11.9. The minimum Gasteiger partial charge on any atom is -0.378 e. The fraction of sp³-hybridized carbons (Fsp3) is 0.385. The summed E-state index contributed by atoms with van der Waals surface area (Å²) in [4.78, 5) is 45.2. The Hall–Kier alpha value is -3.72. The van der Waals surface area contributed by atoms with Crippen LogP contribution in [0, 0.1) is 5.92 Å². The van der Waals surface area contributed by atoms with Crippen molar-refractivity contribution < 1.29 is 19.1 Å². The zero-order valence-corrected chi connectivity index (χ0v) is 19.7. The van der Waals surface area contributed by atoms with Gasteiger partial charge in [0.05, 0.1) is 18.8 Å². The molecule has 9 heteroatoms. The number of nitrogens with one attached hydrogen (secondary N) is 1. The lowest BCUT2D eigenvalue weighted by molar-refractivity contribution is -0.115. The van der Waals surface area contributed by atoms with Crippen LogP contribution in [0.1, 0.15) is 40.0 Å². The van der Waals surface area contributed by atoms with E-state index in [-0.39, 0.29) is 23.2 Å². The average molecular weight is 478 g/mol.